The van der Waals surface area contributed by atoms with E-state index in [1.165, 1.54) is 0 Å². The average molecular weight is 456 g/mol. The Kier molecular flexibility index (Phi) is 5.94. The fourth-order valence-electron chi connectivity index (χ4n) is 4.10. The first kappa shape index (κ1) is 21.9. The molecule has 0 aromatic heterocycles. The summed E-state index contributed by atoms with van der Waals surface area (Å²) < 4.78 is 0. The lowest BCUT2D eigenvalue weighted by Crippen LogP contribution is -2.36. The molecule has 4 aromatic rings. The number of nitrogens with zero attached hydrogens (tertiary/aromatic N) is 1. The van der Waals surface area contributed by atoms with Crippen molar-refractivity contribution >= 4 is 23.1 Å². The number of fused-ring (bicyclic) bond motifs is 1. The van der Waals surface area contributed by atoms with Crippen molar-refractivity contribution in [1.29, 1.82) is 5.26 Å². The molecule has 1 aliphatic heterocycles. The lowest BCUT2D eigenvalue weighted by Gasteiger charge is -2.19. The quantitative estimate of drug-likeness (QED) is 0.294. The van der Waals surface area contributed by atoms with E-state index < -0.39 is 11.8 Å². The van der Waals surface area contributed by atoms with Crippen molar-refractivity contribution in [3.05, 3.63) is 120 Å². The van der Waals surface area contributed by atoms with Crippen molar-refractivity contribution in [2.75, 3.05) is 5.32 Å². The van der Waals surface area contributed by atoms with Crippen molar-refractivity contribution in [1.82, 2.24) is 5.32 Å². The van der Waals surface area contributed by atoms with Crippen LogP contribution < -0.4 is 10.6 Å². The molecular formula is C30H21N3O2. The van der Waals surface area contributed by atoms with E-state index in [2.05, 4.69) is 41.0 Å². The summed E-state index contributed by atoms with van der Waals surface area (Å²) in [6.45, 7) is 0. The third kappa shape index (κ3) is 4.59. The van der Waals surface area contributed by atoms with E-state index in [9.17, 15) is 9.59 Å². The molecule has 35 heavy (non-hydrogen) atoms. The van der Waals surface area contributed by atoms with Gasteiger partial charge in [-0.05, 0) is 52.1 Å². The maximum Gasteiger partial charge on any atom is 0.260 e. The van der Waals surface area contributed by atoms with Crippen LogP contribution in [0, 0.1) is 11.3 Å². The molecule has 0 aliphatic carbocycles. The first-order chi connectivity index (χ1) is 17.1. The molecule has 5 nitrogen and oxygen atoms in total. The number of nitrogens with one attached hydrogen (secondary N) is 2. The molecule has 0 spiro atoms. The fraction of sp³-hybridized carbons (Fsp3) is 0.0333. The predicted molar refractivity (Wildman–Crippen MR) is 137 cm³/mol. The van der Waals surface area contributed by atoms with E-state index in [0.717, 1.165) is 33.5 Å². The number of amides is 2. The van der Waals surface area contributed by atoms with Gasteiger partial charge in [0.25, 0.3) is 11.8 Å². The Bertz CT molecular complexity index is 1480. The summed E-state index contributed by atoms with van der Waals surface area (Å²) >= 11 is 0. The topological polar surface area (TPSA) is 82.0 Å². The molecule has 168 valence electrons. The van der Waals surface area contributed by atoms with Crippen molar-refractivity contribution < 1.29 is 9.59 Å². The van der Waals surface area contributed by atoms with E-state index in [4.69, 9.17) is 5.26 Å². The number of nitriles is 1. The van der Waals surface area contributed by atoms with E-state index in [0.29, 0.717) is 23.1 Å². The maximum atomic E-state index is 12.7. The highest BCUT2D eigenvalue weighted by Gasteiger charge is 2.27. The van der Waals surface area contributed by atoms with E-state index >= 15 is 0 Å². The molecular weight excluding hydrogens is 434 g/mol. The smallest absolute Gasteiger partial charge is 0.260 e. The SMILES string of the molecule is N#CCc1ccc(N/C=C2\C(=O)NC(=O)c3ccc(-c4ccc(-c5ccccc5)cc4)cc32)cc1. The molecule has 4 aromatic carbocycles. The van der Waals surface area contributed by atoms with Crippen LogP contribution >= 0.6 is 0 Å². The van der Waals surface area contributed by atoms with Crippen LogP contribution in [0.3, 0.4) is 0 Å². The van der Waals surface area contributed by atoms with Gasteiger partial charge in [0, 0.05) is 23.0 Å². The van der Waals surface area contributed by atoms with Crippen LogP contribution in [0.5, 0.6) is 0 Å². The standard InChI is InChI=1S/C30H21N3O2/c31-17-16-20-6-13-25(14-7-20)32-19-28-27-18-24(12-15-26(27)29(34)33-30(28)35)23-10-8-22(9-11-23)21-4-2-1-3-5-21/h1-15,18-19,32H,16H2,(H,33,34,35)/b28-19-. The molecule has 0 atom stereocenters. The Labute approximate surface area is 203 Å². The summed E-state index contributed by atoms with van der Waals surface area (Å²) in [6.07, 6.45) is 1.95. The molecule has 5 rings (SSSR count). The zero-order valence-corrected chi connectivity index (χ0v) is 18.8. The highest BCUT2D eigenvalue weighted by atomic mass is 16.2. The highest BCUT2D eigenvalue weighted by Crippen LogP contribution is 2.31. The molecule has 5 heteroatoms. The van der Waals surface area contributed by atoms with Crippen molar-refractivity contribution in [3.8, 4) is 28.3 Å². The van der Waals surface area contributed by atoms with Gasteiger partial charge in [0.2, 0.25) is 0 Å². The van der Waals surface area contributed by atoms with Crippen LogP contribution in [-0.2, 0) is 11.2 Å². The van der Waals surface area contributed by atoms with E-state index in [1.54, 1.807) is 12.3 Å². The predicted octanol–water partition coefficient (Wildman–Crippen LogP) is 5.81. The minimum Gasteiger partial charge on any atom is -0.361 e. The van der Waals surface area contributed by atoms with Gasteiger partial charge in [-0.1, -0.05) is 72.8 Å². The fourth-order valence-corrected chi connectivity index (χ4v) is 4.10. The van der Waals surface area contributed by atoms with Gasteiger partial charge < -0.3 is 5.32 Å². The van der Waals surface area contributed by atoms with Gasteiger partial charge in [0.05, 0.1) is 18.1 Å². The molecule has 0 radical (unpaired) electrons. The Balaban J connectivity index is 1.46. The summed E-state index contributed by atoms with van der Waals surface area (Å²) in [4.78, 5) is 25.2. The van der Waals surface area contributed by atoms with Crippen LogP contribution in [0.15, 0.2) is 103 Å². The van der Waals surface area contributed by atoms with Gasteiger partial charge >= 0.3 is 0 Å². The second-order valence-corrected chi connectivity index (χ2v) is 8.22. The monoisotopic (exact) mass is 455 g/mol. The van der Waals surface area contributed by atoms with Crippen LogP contribution in [0.25, 0.3) is 27.8 Å². The third-order valence-electron chi connectivity index (χ3n) is 5.97. The number of benzene rings is 4. The molecule has 0 fully saturated rings. The zero-order chi connectivity index (χ0) is 24.2. The number of imide groups is 1. The lowest BCUT2D eigenvalue weighted by molar-refractivity contribution is -0.114. The van der Waals surface area contributed by atoms with Gasteiger partial charge in [-0.3, -0.25) is 14.9 Å². The number of carbonyl (C=O) groups is 2. The van der Waals surface area contributed by atoms with Crippen LogP contribution in [0.2, 0.25) is 0 Å². The molecule has 1 heterocycles. The Hall–Kier alpha value is -4.95. The molecule has 0 saturated heterocycles. The number of rotatable bonds is 5. The first-order valence-electron chi connectivity index (χ1n) is 11.2. The number of hydrogen-bond acceptors (Lipinski definition) is 4. The van der Waals surface area contributed by atoms with Crippen molar-refractivity contribution in [2.24, 2.45) is 0 Å². The molecule has 0 bridgehead atoms. The summed E-state index contributed by atoms with van der Waals surface area (Å²) in [7, 11) is 0. The third-order valence-corrected chi connectivity index (χ3v) is 5.97. The van der Waals surface area contributed by atoms with E-state index in [1.807, 2.05) is 66.7 Å². The Morgan fingerprint density at radius 3 is 2.03 bits per heavy atom. The van der Waals surface area contributed by atoms with Crippen molar-refractivity contribution in [3.63, 3.8) is 0 Å². The summed E-state index contributed by atoms with van der Waals surface area (Å²) in [6, 6.07) is 33.4. The summed E-state index contributed by atoms with van der Waals surface area (Å²) in [5.74, 6) is -0.860. The van der Waals surface area contributed by atoms with Gasteiger partial charge in [0.15, 0.2) is 0 Å². The maximum absolute atomic E-state index is 12.7. The second kappa shape index (κ2) is 9.50. The van der Waals surface area contributed by atoms with Gasteiger partial charge in [-0.15, -0.1) is 0 Å². The zero-order valence-electron chi connectivity index (χ0n) is 18.8. The molecule has 2 amide bonds. The number of anilines is 1. The molecule has 0 saturated carbocycles. The number of carbonyl (C=O) groups excluding carboxylic acids is 2. The van der Waals surface area contributed by atoms with Gasteiger partial charge in [-0.2, -0.15) is 5.26 Å². The first-order valence-corrected chi connectivity index (χ1v) is 11.2. The minimum absolute atomic E-state index is 0.342. The molecule has 2 N–H and O–H groups in total. The molecule has 0 unspecified atom stereocenters. The molecule has 1 aliphatic rings. The van der Waals surface area contributed by atoms with Gasteiger partial charge in [0.1, 0.15) is 0 Å². The highest BCUT2D eigenvalue weighted by molar-refractivity contribution is 6.31. The Morgan fingerprint density at radius 2 is 1.34 bits per heavy atom. The largest absolute Gasteiger partial charge is 0.361 e. The van der Waals surface area contributed by atoms with Crippen LogP contribution in [0.1, 0.15) is 21.5 Å². The summed E-state index contributed by atoms with van der Waals surface area (Å²) in [5, 5.41) is 14.4. The Morgan fingerprint density at radius 1 is 0.714 bits per heavy atom. The minimum atomic E-state index is -0.451. The van der Waals surface area contributed by atoms with Crippen LogP contribution in [-0.4, -0.2) is 11.8 Å². The van der Waals surface area contributed by atoms with E-state index in [-0.39, 0.29) is 0 Å². The summed E-state index contributed by atoms with van der Waals surface area (Å²) in [5.41, 5.74) is 7.27. The normalized spacial score (nSPS) is 13.6. The second-order valence-electron chi connectivity index (χ2n) is 8.22. The van der Waals surface area contributed by atoms with Crippen LogP contribution in [0.4, 0.5) is 5.69 Å². The van der Waals surface area contributed by atoms with Crippen molar-refractivity contribution in [2.45, 2.75) is 6.42 Å². The lowest BCUT2D eigenvalue weighted by atomic mass is 9.91. The van der Waals surface area contributed by atoms with Gasteiger partial charge in [-0.25, -0.2) is 0 Å². The average Bonchev–Trinajstić information content (AvgIpc) is 2.90. The number of hydrogen-bond donors (Lipinski definition) is 2.